The zero-order valence-corrected chi connectivity index (χ0v) is 18.8. The Bertz CT molecular complexity index is 1240. The predicted octanol–water partition coefficient (Wildman–Crippen LogP) is 3.43. The van der Waals surface area contributed by atoms with E-state index >= 15 is 0 Å². The number of fused-ring (bicyclic) bond motifs is 1. The Morgan fingerprint density at radius 2 is 2.16 bits per heavy atom. The van der Waals surface area contributed by atoms with Crippen LogP contribution in [0.15, 0.2) is 41.5 Å². The number of ether oxygens (including phenoxy) is 3. The van der Waals surface area contributed by atoms with Crippen LogP contribution in [0.2, 0.25) is 0 Å². The van der Waals surface area contributed by atoms with Gasteiger partial charge in [-0.05, 0) is 22.0 Å². The predicted molar refractivity (Wildman–Crippen MR) is 120 cm³/mol. The first-order valence-electron chi connectivity index (χ1n) is 9.57. The first kappa shape index (κ1) is 21.6. The molecule has 0 spiro atoms. The second-order valence-electron chi connectivity index (χ2n) is 6.85. The lowest BCUT2D eigenvalue weighted by Gasteiger charge is -2.12. The normalized spacial score (nSPS) is 12.9. The molecule has 1 amide bonds. The highest BCUT2D eigenvalue weighted by molar-refractivity contribution is 9.10. The van der Waals surface area contributed by atoms with Crippen molar-refractivity contribution >= 4 is 44.4 Å². The minimum atomic E-state index is -0.689. The van der Waals surface area contributed by atoms with Crippen molar-refractivity contribution in [3.8, 4) is 6.07 Å². The summed E-state index contributed by atoms with van der Waals surface area (Å²) in [6.45, 7) is 0.978. The molecule has 2 N–H and O–H groups in total. The van der Waals surface area contributed by atoms with Gasteiger partial charge in [0.1, 0.15) is 35.6 Å². The van der Waals surface area contributed by atoms with Gasteiger partial charge in [0.05, 0.1) is 28.9 Å². The molecule has 10 nitrogen and oxygen atoms in total. The van der Waals surface area contributed by atoms with Crippen LogP contribution in [-0.2, 0) is 21.3 Å². The zero-order chi connectivity index (χ0) is 22.7. The summed E-state index contributed by atoms with van der Waals surface area (Å²) in [6.07, 6.45) is 5.29. The van der Waals surface area contributed by atoms with Crippen LogP contribution in [0, 0.1) is 11.3 Å². The minimum absolute atomic E-state index is 0.301. The fourth-order valence-electron chi connectivity index (χ4n) is 3.21. The Kier molecular flexibility index (Phi) is 6.25. The van der Waals surface area contributed by atoms with Crippen molar-refractivity contribution in [2.24, 2.45) is 7.05 Å². The molecule has 164 valence electrons. The van der Waals surface area contributed by atoms with E-state index in [9.17, 15) is 10.1 Å². The summed E-state index contributed by atoms with van der Waals surface area (Å²) >= 11 is 3.49. The van der Waals surface area contributed by atoms with Crippen LogP contribution in [0.25, 0.3) is 11.0 Å². The molecule has 0 radical (unpaired) electrons. The van der Waals surface area contributed by atoms with Crippen LogP contribution < -0.4 is 10.6 Å². The number of anilines is 2. The van der Waals surface area contributed by atoms with E-state index in [1.807, 2.05) is 17.7 Å². The van der Waals surface area contributed by atoms with E-state index in [0.717, 1.165) is 5.52 Å². The number of rotatable bonds is 7. The fraction of sp³-hybridized carbons (Fsp3) is 0.238. The molecule has 0 unspecified atom stereocenters. The maximum atomic E-state index is 13.1. The van der Waals surface area contributed by atoms with Crippen molar-refractivity contribution in [1.82, 2.24) is 14.5 Å². The maximum Gasteiger partial charge on any atom is 0.284 e. The average molecular weight is 499 g/mol. The van der Waals surface area contributed by atoms with E-state index in [2.05, 4.69) is 42.6 Å². The summed E-state index contributed by atoms with van der Waals surface area (Å²) in [5, 5.41) is 15.2. The van der Waals surface area contributed by atoms with Crippen molar-refractivity contribution in [1.29, 1.82) is 5.26 Å². The molecule has 0 bridgehead atoms. The Balaban J connectivity index is 1.63. The van der Waals surface area contributed by atoms with Gasteiger partial charge in [0.2, 0.25) is 0 Å². The summed E-state index contributed by atoms with van der Waals surface area (Å²) in [5.41, 5.74) is 3.05. The maximum absolute atomic E-state index is 13.1. The van der Waals surface area contributed by atoms with E-state index in [0.29, 0.717) is 51.5 Å². The number of nitrogens with zero attached hydrogens (tertiary/aromatic N) is 4. The van der Waals surface area contributed by atoms with Crippen molar-refractivity contribution in [2.45, 2.75) is 6.29 Å². The van der Waals surface area contributed by atoms with Gasteiger partial charge in [-0.15, -0.1) is 0 Å². The molecule has 3 aromatic heterocycles. The largest absolute Gasteiger partial charge is 0.454 e. The summed E-state index contributed by atoms with van der Waals surface area (Å²) in [7, 11) is 3.42. The molecule has 32 heavy (non-hydrogen) atoms. The molecule has 1 aliphatic rings. The Morgan fingerprint density at radius 1 is 1.38 bits per heavy atom. The third-order valence-corrected chi connectivity index (χ3v) is 5.39. The molecule has 3 aromatic rings. The highest BCUT2D eigenvalue weighted by Gasteiger charge is 2.24. The Hall–Kier alpha value is -3.62. The van der Waals surface area contributed by atoms with Crippen molar-refractivity contribution < 1.29 is 19.0 Å². The number of halogens is 1. The Labute approximate surface area is 191 Å². The molecule has 11 heteroatoms. The topological polar surface area (TPSA) is 123 Å². The first-order valence-corrected chi connectivity index (χ1v) is 10.4. The lowest BCUT2D eigenvalue weighted by molar-refractivity contribution is -0.0283. The lowest BCUT2D eigenvalue weighted by atomic mass is 10.2. The SMILES string of the molecule is COCCNc1cc(NC(=O)c2cn(C)c3cc(Br)c(C4OC=CO4)nc23)ncc1C#N. The molecule has 0 aromatic carbocycles. The van der Waals surface area contributed by atoms with Crippen LogP contribution in [-0.4, -0.2) is 40.7 Å². The van der Waals surface area contributed by atoms with Crippen LogP contribution >= 0.6 is 15.9 Å². The summed E-state index contributed by atoms with van der Waals surface area (Å²) in [5.74, 6) is -0.0854. The number of aryl methyl sites for hydroxylation is 1. The summed E-state index contributed by atoms with van der Waals surface area (Å²) in [4.78, 5) is 21.9. The number of carbonyl (C=O) groups is 1. The highest BCUT2D eigenvalue weighted by Crippen LogP contribution is 2.33. The van der Waals surface area contributed by atoms with Gasteiger partial charge in [0.25, 0.3) is 12.2 Å². The number of hydrogen-bond donors (Lipinski definition) is 2. The number of amides is 1. The first-order chi connectivity index (χ1) is 15.5. The van der Waals surface area contributed by atoms with Gasteiger partial charge in [0, 0.05) is 43.6 Å². The van der Waals surface area contributed by atoms with Gasteiger partial charge in [-0.2, -0.15) is 5.26 Å². The number of carbonyl (C=O) groups excluding carboxylic acids is 1. The number of aromatic nitrogens is 3. The van der Waals surface area contributed by atoms with Gasteiger partial charge in [0.15, 0.2) is 0 Å². The molecule has 0 atom stereocenters. The monoisotopic (exact) mass is 498 g/mol. The van der Waals surface area contributed by atoms with Crippen molar-refractivity contribution in [3.63, 3.8) is 0 Å². The van der Waals surface area contributed by atoms with Gasteiger partial charge in [-0.25, -0.2) is 9.97 Å². The fourth-order valence-corrected chi connectivity index (χ4v) is 3.71. The second kappa shape index (κ2) is 9.25. The van der Waals surface area contributed by atoms with Gasteiger partial charge in [-0.3, -0.25) is 4.79 Å². The number of pyridine rings is 2. The van der Waals surface area contributed by atoms with E-state index in [1.165, 1.54) is 18.7 Å². The van der Waals surface area contributed by atoms with Crippen LogP contribution in [0.4, 0.5) is 11.5 Å². The number of methoxy groups -OCH3 is 1. The van der Waals surface area contributed by atoms with E-state index in [-0.39, 0.29) is 5.91 Å². The third-order valence-electron chi connectivity index (χ3n) is 4.76. The van der Waals surface area contributed by atoms with E-state index in [4.69, 9.17) is 14.2 Å². The summed E-state index contributed by atoms with van der Waals surface area (Å²) in [6, 6.07) is 5.54. The molecular formula is C21H19BrN6O4. The van der Waals surface area contributed by atoms with Crippen LogP contribution in [0.5, 0.6) is 0 Å². The summed E-state index contributed by atoms with van der Waals surface area (Å²) < 4.78 is 18.3. The van der Waals surface area contributed by atoms with Crippen molar-refractivity contribution in [2.75, 3.05) is 30.9 Å². The lowest BCUT2D eigenvalue weighted by Crippen LogP contribution is -2.14. The molecule has 0 fully saturated rings. The molecule has 4 rings (SSSR count). The van der Waals surface area contributed by atoms with E-state index in [1.54, 1.807) is 19.4 Å². The minimum Gasteiger partial charge on any atom is -0.454 e. The van der Waals surface area contributed by atoms with Crippen molar-refractivity contribution in [3.05, 3.63) is 58.3 Å². The third kappa shape index (κ3) is 4.23. The quantitative estimate of drug-likeness (QED) is 0.474. The van der Waals surface area contributed by atoms with Gasteiger partial charge < -0.3 is 29.4 Å². The number of nitrogens with one attached hydrogen (secondary N) is 2. The number of hydrogen-bond acceptors (Lipinski definition) is 8. The molecule has 0 saturated carbocycles. The average Bonchev–Trinajstić information content (AvgIpc) is 3.42. The molecule has 0 saturated heterocycles. The van der Waals surface area contributed by atoms with Crippen LogP contribution in [0.1, 0.15) is 27.9 Å². The molecule has 4 heterocycles. The molecular weight excluding hydrogens is 480 g/mol. The molecule has 0 aliphatic carbocycles. The highest BCUT2D eigenvalue weighted by atomic mass is 79.9. The smallest absolute Gasteiger partial charge is 0.284 e. The molecule has 1 aliphatic heterocycles. The standard InChI is InChI=1S/C21H19BrN6O4/c1-28-11-13(18-16(28)7-14(22)19(27-18)21-31-5-6-32-21)20(29)26-17-8-15(24-3-4-30-2)12(9-23)10-25-17/h5-8,10-11,21H,3-4H2,1-2H3,(H2,24,25,26,29). The van der Waals surface area contributed by atoms with Gasteiger partial charge >= 0.3 is 0 Å². The second-order valence-corrected chi connectivity index (χ2v) is 7.71. The zero-order valence-electron chi connectivity index (χ0n) is 17.3. The Morgan fingerprint density at radius 3 is 2.88 bits per heavy atom. The van der Waals surface area contributed by atoms with Gasteiger partial charge in [-0.1, -0.05) is 0 Å². The van der Waals surface area contributed by atoms with Crippen LogP contribution in [0.3, 0.4) is 0 Å². The number of nitriles is 1. The van der Waals surface area contributed by atoms with E-state index < -0.39 is 6.29 Å².